The van der Waals surface area contributed by atoms with Crippen molar-refractivity contribution < 1.29 is 4.79 Å². The summed E-state index contributed by atoms with van der Waals surface area (Å²) in [5, 5.41) is 10.6. The van der Waals surface area contributed by atoms with Crippen LogP contribution in [0.1, 0.15) is 35.3 Å². The van der Waals surface area contributed by atoms with Crippen molar-refractivity contribution in [2.75, 3.05) is 18.4 Å². The van der Waals surface area contributed by atoms with Crippen LogP contribution in [-0.4, -0.2) is 48.5 Å². The minimum absolute atomic E-state index is 0.00895. The van der Waals surface area contributed by atoms with E-state index in [2.05, 4.69) is 25.5 Å². The first kappa shape index (κ1) is 19.6. The smallest absolute Gasteiger partial charge is 0.255 e. The number of nitrogens with one attached hydrogen (secondary N) is 2. The highest BCUT2D eigenvalue weighted by molar-refractivity contribution is 6.34. The lowest BCUT2D eigenvalue weighted by atomic mass is 10.1. The summed E-state index contributed by atoms with van der Waals surface area (Å²) in [6.07, 6.45) is 10.6. The van der Waals surface area contributed by atoms with E-state index in [4.69, 9.17) is 11.6 Å². The molecule has 4 aromatic rings. The molecule has 0 spiro atoms. The first-order chi connectivity index (χ1) is 15.1. The van der Waals surface area contributed by atoms with Crippen molar-refractivity contribution in [3.63, 3.8) is 0 Å². The number of benzene rings is 1. The summed E-state index contributed by atoms with van der Waals surface area (Å²) in [4.78, 5) is 23.9. The van der Waals surface area contributed by atoms with E-state index in [9.17, 15) is 4.79 Å². The predicted molar refractivity (Wildman–Crippen MR) is 120 cm³/mol. The molecule has 158 valence electrons. The Labute approximate surface area is 184 Å². The number of rotatable bonds is 4. The van der Waals surface area contributed by atoms with Crippen molar-refractivity contribution in [1.82, 2.24) is 29.5 Å². The van der Waals surface area contributed by atoms with Crippen LogP contribution in [0.15, 0.2) is 43.0 Å². The number of anilines is 2. The molecule has 8 nitrogen and oxygen atoms in total. The summed E-state index contributed by atoms with van der Waals surface area (Å²) in [6.45, 7) is 3.51. The summed E-state index contributed by atoms with van der Waals surface area (Å²) in [6, 6.07) is 5.39. The van der Waals surface area contributed by atoms with Crippen molar-refractivity contribution in [1.29, 1.82) is 0 Å². The molecule has 1 amide bonds. The van der Waals surface area contributed by atoms with Crippen LogP contribution in [0.5, 0.6) is 0 Å². The fourth-order valence-corrected chi connectivity index (χ4v) is 4.23. The van der Waals surface area contributed by atoms with Gasteiger partial charge in [-0.2, -0.15) is 5.10 Å². The number of fused-ring (bicyclic) bond motifs is 1. The standard InChI is InChI=1S/C22H22ClN7O/c1-14-13-30-19(15-10-25-26-11-15)12-24-21(30)20(27-14)28-16-5-6-17(18(23)9-16)22(31)29-7-3-2-4-8-29/h5-6,9-13H,2-4,7-8H2,1H3,(H,25,26)(H,27,28). The summed E-state index contributed by atoms with van der Waals surface area (Å²) in [7, 11) is 0. The number of piperidine rings is 1. The Hall–Kier alpha value is -3.39. The van der Waals surface area contributed by atoms with Crippen LogP contribution >= 0.6 is 11.6 Å². The molecule has 2 N–H and O–H groups in total. The Morgan fingerprint density at radius 1 is 1.19 bits per heavy atom. The lowest BCUT2D eigenvalue weighted by Gasteiger charge is -2.27. The number of amides is 1. The number of halogens is 1. The number of hydrogen-bond acceptors (Lipinski definition) is 5. The van der Waals surface area contributed by atoms with Crippen molar-refractivity contribution in [3.8, 4) is 11.3 Å². The maximum absolute atomic E-state index is 12.8. The summed E-state index contributed by atoms with van der Waals surface area (Å²) in [5.41, 5.74) is 4.64. The molecule has 0 bridgehead atoms. The van der Waals surface area contributed by atoms with Crippen LogP contribution < -0.4 is 5.32 Å². The molecule has 1 saturated heterocycles. The molecule has 0 unspecified atom stereocenters. The zero-order chi connectivity index (χ0) is 21.4. The maximum Gasteiger partial charge on any atom is 0.255 e. The average Bonchev–Trinajstić information content (AvgIpc) is 3.44. The lowest BCUT2D eigenvalue weighted by Crippen LogP contribution is -2.35. The van der Waals surface area contributed by atoms with Gasteiger partial charge in [0.2, 0.25) is 0 Å². The van der Waals surface area contributed by atoms with Crippen LogP contribution in [0.2, 0.25) is 5.02 Å². The fraction of sp³-hybridized carbons (Fsp3) is 0.273. The number of likely N-dealkylation sites (tertiary alicyclic amines) is 1. The van der Waals surface area contributed by atoms with Gasteiger partial charge in [-0.1, -0.05) is 11.6 Å². The van der Waals surface area contributed by atoms with E-state index in [1.165, 1.54) is 6.42 Å². The van der Waals surface area contributed by atoms with E-state index in [1.54, 1.807) is 24.5 Å². The third-order valence-corrected chi connectivity index (χ3v) is 5.82. The van der Waals surface area contributed by atoms with Gasteiger partial charge in [-0.3, -0.25) is 14.3 Å². The fourth-order valence-electron chi connectivity index (χ4n) is 3.97. The molecule has 5 rings (SSSR count). The van der Waals surface area contributed by atoms with Crippen LogP contribution in [0.3, 0.4) is 0 Å². The summed E-state index contributed by atoms with van der Waals surface area (Å²) in [5.74, 6) is 0.603. The Balaban J connectivity index is 1.45. The number of aromatic amines is 1. The quantitative estimate of drug-likeness (QED) is 0.494. The van der Waals surface area contributed by atoms with Gasteiger partial charge in [0.1, 0.15) is 0 Å². The molecule has 1 aliphatic heterocycles. The van der Waals surface area contributed by atoms with E-state index in [-0.39, 0.29) is 5.91 Å². The molecule has 0 atom stereocenters. The number of imidazole rings is 1. The van der Waals surface area contributed by atoms with Crippen molar-refractivity contribution >= 4 is 34.7 Å². The highest BCUT2D eigenvalue weighted by atomic mass is 35.5. The molecule has 1 aliphatic rings. The SMILES string of the molecule is Cc1cn2c(-c3cn[nH]c3)cnc2c(Nc2ccc(C(=O)N3CCCCC3)c(Cl)c2)n1. The molecule has 4 heterocycles. The Kier molecular flexibility index (Phi) is 5.07. The average molecular weight is 436 g/mol. The zero-order valence-electron chi connectivity index (χ0n) is 17.1. The molecule has 31 heavy (non-hydrogen) atoms. The van der Waals surface area contributed by atoms with Crippen molar-refractivity contribution in [2.24, 2.45) is 0 Å². The van der Waals surface area contributed by atoms with Crippen LogP contribution in [-0.2, 0) is 0 Å². The second-order valence-corrected chi connectivity index (χ2v) is 8.13. The van der Waals surface area contributed by atoms with Gasteiger partial charge in [-0.05, 0) is 44.4 Å². The third-order valence-electron chi connectivity index (χ3n) is 5.51. The Morgan fingerprint density at radius 3 is 2.77 bits per heavy atom. The van der Waals surface area contributed by atoms with Gasteiger partial charge in [0.05, 0.1) is 34.4 Å². The van der Waals surface area contributed by atoms with Gasteiger partial charge < -0.3 is 10.2 Å². The summed E-state index contributed by atoms with van der Waals surface area (Å²) >= 11 is 6.49. The molecule has 3 aromatic heterocycles. The molecule has 1 fully saturated rings. The highest BCUT2D eigenvalue weighted by Crippen LogP contribution is 2.28. The number of hydrogen-bond donors (Lipinski definition) is 2. The molecule has 0 radical (unpaired) electrons. The second kappa shape index (κ2) is 8.03. The van der Waals surface area contributed by atoms with E-state index >= 15 is 0 Å². The highest BCUT2D eigenvalue weighted by Gasteiger charge is 2.21. The molecule has 1 aromatic carbocycles. The van der Waals surface area contributed by atoms with Gasteiger partial charge in [-0.15, -0.1) is 0 Å². The monoisotopic (exact) mass is 435 g/mol. The topological polar surface area (TPSA) is 91.2 Å². The number of carbonyl (C=O) groups is 1. The number of aromatic nitrogens is 5. The van der Waals surface area contributed by atoms with Gasteiger partial charge in [0.25, 0.3) is 5.91 Å². The Bertz CT molecular complexity index is 1240. The minimum atomic E-state index is -0.00895. The molecular weight excluding hydrogens is 414 g/mol. The second-order valence-electron chi connectivity index (χ2n) is 7.73. The number of H-pyrrole nitrogens is 1. The van der Waals surface area contributed by atoms with Gasteiger partial charge >= 0.3 is 0 Å². The number of carbonyl (C=O) groups excluding carboxylic acids is 1. The van der Waals surface area contributed by atoms with Crippen LogP contribution in [0.25, 0.3) is 16.9 Å². The van der Waals surface area contributed by atoms with Crippen LogP contribution in [0, 0.1) is 6.92 Å². The van der Waals surface area contributed by atoms with Gasteiger partial charge in [-0.25, -0.2) is 9.97 Å². The first-order valence-corrected chi connectivity index (χ1v) is 10.7. The van der Waals surface area contributed by atoms with Crippen LogP contribution in [0.4, 0.5) is 11.5 Å². The molecule has 0 aliphatic carbocycles. The third kappa shape index (κ3) is 3.74. The zero-order valence-corrected chi connectivity index (χ0v) is 17.9. The van der Waals surface area contributed by atoms with Crippen molar-refractivity contribution in [3.05, 3.63) is 59.3 Å². The Morgan fingerprint density at radius 2 is 2.03 bits per heavy atom. The van der Waals surface area contributed by atoms with E-state index in [0.717, 1.165) is 48.6 Å². The largest absolute Gasteiger partial charge is 0.339 e. The molecule has 9 heteroatoms. The normalized spacial score (nSPS) is 14.2. The number of nitrogens with zero attached hydrogens (tertiary/aromatic N) is 5. The minimum Gasteiger partial charge on any atom is -0.339 e. The van der Waals surface area contributed by atoms with Gasteiger partial charge in [0.15, 0.2) is 11.5 Å². The van der Waals surface area contributed by atoms with Gasteiger partial charge in [0, 0.05) is 36.7 Å². The van der Waals surface area contributed by atoms with E-state index < -0.39 is 0 Å². The number of aryl methyl sites for hydroxylation is 1. The lowest BCUT2D eigenvalue weighted by molar-refractivity contribution is 0.0724. The van der Waals surface area contributed by atoms with E-state index in [1.807, 2.05) is 34.7 Å². The predicted octanol–water partition coefficient (Wildman–Crippen LogP) is 4.45. The summed E-state index contributed by atoms with van der Waals surface area (Å²) < 4.78 is 1.98. The first-order valence-electron chi connectivity index (χ1n) is 10.3. The van der Waals surface area contributed by atoms with Crippen molar-refractivity contribution in [2.45, 2.75) is 26.2 Å². The van der Waals surface area contributed by atoms with E-state index in [0.29, 0.717) is 22.1 Å². The molecule has 0 saturated carbocycles. The maximum atomic E-state index is 12.8. The molecular formula is C22H22ClN7O.